The number of sulfonamides is 1. The van der Waals surface area contributed by atoms with Crippen molar-refractivity contribution in [3.63, 3.8) is 0 Å². The smallest absolute Gasteiger partial charge is 0.213 e. The Morgan fingerprint density at radius 3 is 2.95 bits per heavy atom. The van der Waals surface area contributed by atoms with Gasteiger partial charge >= 0.3 is 0 Å². The minimum atomic E-state index is -3.49. The molecular weight excluding hydrogens is 266 g/mol. The van der Waals surface area contributed by atoms with Crippen LogP contribution in [0.5, 0.6) is 0 Å². The second kappa shape index (κ2) is 4.17. The number of hydrogen-bond donors (Lipinski definition) is 2. The zero-order valence-corrected chi connectivity index (χ0v) is 11.3. The Balaban J connectivity index is 2.00. The molecule has 1 fully saturated rings. The van der Waals surface area contributed by atoms with E-state index < -0.39 is 15.3 Å². The monoisotopic (exact) mass is 281 g/mol. The molecule has 1 saturated heterocycles. The molecule has 3 rings (SSSR count). The molecule has 19 heavy (non-hydrogen) atoms. The van der Waals surface area contributed by atoms with E-state index in [0.717, 1.165) is 16.9 Å². The lowest BCUT2D eigenvalue weighted by atomic mass is 10.3. The fourth-order valence-corrected chi connectivity index (χ4v) is 3.29. The predicted molar refractivity (Wildman–Crippen MR) is 72.4 cm³/mol. The lowest BCUT2D eigenvalue weighted by Gasteiger charge is -2.18. The van der Waals surface area contributed by atoms with Crippen LogP contribution in [0, 0.1) is 6.92 Å². The van der Waals surface area contributed by atoms with Crippen molar-refractivity contribution < 1.29 is 8.42 Å². The molecule has 3 N–H and O–H groups in total. The average molecular weight is 281 g/mol. The van der Waals surface area contributed by atoms with Crippen LogP contribution in [0.4, 0.5) is 5.82 Å². The molecule has 2 aromatic heterocycles. The number of rotatable bonds is 2. The number of nitrogens with two attached hydrogens (primary N) is 1. The summed E-state index contributed by atoms with van der Waals surface area (Å²) in [5, 5.41) is 5.60. The number of nitrogens with one attached hydrogen (secondary N) is 1. The summed E-state index contributed by atoms with van der Waals surface area (Å²) < 4.78 is 22.8. The lowest BCUT2D eigenvalue weighted by Crippen LogP contribution is -2.32. The Morgan fingerprint density at radius 1 is 1.47 bits per heavy atom. The van der Waals surface area contributed by atoms with Crippen LogP contribution in [0.1, 0.15) is 12.2 Å². The zero-order chi connectivity index (χ0) is 13.6. The number of aryl methyl sites for hydroxylation is 1. The van der Waals surface area contributed by atoms with Crippen LogP contribution in [0.2, 0.25) is 0 Å². The molecule has 0 bridgehead atoms. The van der Waals surface area contributed by atoms with Gasteiger partial charge in [0.05, 0.1) is 10.6 Å². The van der Waals surface area contributed by atoms with Crippen LogP contribution in [-0.4, -0.2) is 41.7 Å². The van der Waals surface area contributed by atoms with E-state index in [0.29, 0.717) is 25.3 Å². The SMILES string of the molecule is Cc1nc(N2CCC(S(N)(=O)=O)C2)c2cc[nH]c2n1. The van der Waals surface area contributed by atoms with Gasteiger partial charge in [0.25, 0.3) is 0 Å². The van der Waals surface area contributed by atoms with Crippen molar-refractivity contribution in [2.45, 2.75) is 18.6 Å². The summed E-state index contributed by atoms with van der Waals surface area (Å²) in [4.78, 5) is 13.7. The minimum Gasteiger partial charge on any atom is -0.355 e. The van der Waals surface area contributed by atoms with Crippen molar-refractivity contribution >= 4 is 26.9 Å². The standard InChI is InChI=1S/C11H15N5O2S/c1-7-14-10-9(2-4-13-10)11(15-7)16-5-3-8(6-16)19(12,17)18/h2,4,8H,3,5-6H2,1H3,(H2,12,17,18)(H,13,14,15). The van der Waals surface area contributed by atoms with Gasteiger partial charge in [-0.25, -0.2) is 23.5 Å². The number of anilines is 1. The first kappa shape index (κ1) is 12.4. The fourth-order valence-electron chi connectivity index (χ4n) is 2.46. The fraction of sp³-hybridized carbons (Fsp3) is 0.455. The Labute approximate surface area is 110 Å². The van der Waals surface area contributed by atoms with Crippen LogP contribution in [0.15, 0.2) is 12.3 Å². The molecule has 0 saturated carbocycles. The molecule has 3 heterocycles. The highest BCUT2D eigenvalue weighted by Gasteiger charge is 2.32. The van der Waals surface area contributed by atoms with Gasteiger partial charge in [0.1, 0.15) is 17.3 Å². The van der Waals surface area contributed by atoms with Crippen LogP contribution >= 0.6 is 0 Å². The molecule has 0 aliphatic carbocycles. The topological polar surface area (TPSA) is 105 Å². The second-order valence-corrected chi connectivity index (χ2v) is 6.62. The lowest BCUT2D eigenvalue weighted by molar-refractivity contribution is 0.585. The Bertz CT molecular complexity index is 724. The van der Waals surface area contributed by atoms with Crippen LogP contribution in [-0.2, 0) is 10.0 Å². The highest BCUT2D eigenvalue weighted by Crippen LogP contribution is 2.27. The number of nitrogens with zero attached hydrogens (tertiary/aromatic N) is 3. The van der Waals surface area contributed by atoms with Gasteiger partial charge in [0.15, 0.2) is 0 Å². The third-order valence-electron chi connectivity index (χ3n) is 3.42. The first-order chi connectivity index (χ1) is 8.95. The van der Waals surface area contributed by atoms with E-state index in [4.69, 9.17) is 5.14 Å². The van der Waals surface area contributed by atoms with Crippen molar-refractivity contribution in [3.8, 4) is 0 Å². The zero-order valence-electron chi connectivity index (χ0n) is 10.5. The van der Waals surface area contributed by atoms with Gasteiger partial charge in [0.2, 0.25) is 10.0 Å². The van der Waals surface area contributed by atoms with Gasteiger partial charge in [-0.3, -0.25) is 0 Å². The molecule has 1 unspecified atom stereocenters. The summed E-state index contributed by atoms with van der Waals surface area (Å²) in [5.41, 5.74) is 0.765. The second-order valence-electron chi connectivity index (χ2n) is 4.78. The van der Waals surface area contributed by atoms with E-state index in [1.165, 1.54) is 0 Å². The van der Waals surface area contributed by atoms with E-state index in [-0.39, 0.29) is 0 Å². The number of hydrogen-bond acceptors (Lipinski definition) is 5. The number of aromatic nitrogens is 3. The van der Waals surface area contributed by atoms with Gasteiger partial charge in [-0.2, -0.15) is 0 Å². The molecule has 7 nitrogen and oxygen atoms in total. The summed E-state index contributed by atoms with van der Waals surface area (Å²) >= 11 is 0. The van der Waals surface area contributed by atoms with E-state index >= 15 is 0 Å². The maximum Gasteiger partial charge on any atom is 0.213 e. The number of aromatic amines is 1. The summed E-state index contributed by atoms with van der Waals surface area (Å²) in [7, 11) is -3.49. The summed E-state index contributed by atoms with van der Waals surface area (Å²) in [5.74, 6) is 1.43. The number of primary sulfonamides is 1. The van der Waals surface area contributed by atoms with Crippen molar-refractivity contribution in [1.82, 2.24) is 15.0 Å². The molecule has 1 aliphatic heterocycles. The van der Waals surface area contributed by atoms with Crippen molar-refractivity contribution in [1.29, 1.82) is 0 Å². The molecule has 8 heteroatoms. The number of H-pyrrole nitrogens is 1. The van der Waals surface area contributed by atoms with Crippen molar-refractivity contribution in [2.75, 3.05) is 18.0 Å². The van der Waals surface area contributed by atoms with Gasteiger partial charge < -0.3 is 9.88 Å². The molecule has 0 amide bonds. The largest absolute Gasteiger partial charge is 0.355 e. The van der Waals surface area contributed by atoms with Crippen LogP contribution < -0.4 is 10.0 Å². The van der Waals surface area contributed by atoms with Crippen molar-refractivity contribution in [3.05, 3.63) is 18.1 Å². The summed E-state index contributed by atoms with van der Waals surface area (Å²) in [6, 6.07) is 1.90. The average Bonchev–Trinajstić information content (AvgIpc) is 2.94. The molecule has 1 aliphatic rings. The predicted octanol–water partition coefficient (Wildman–Crippen LogP) is 0.134. The highest BCUT2D eigenvalue weighted by atomic mass is 32.2. The molecule has 2 aromatic rings. The summed E-state index contributed by atoms with van der Waals surface area (Å²) in [6.07, 6.45) is 2.34. The van der Waals surface area contributed by atoms with E-state index in [9.17, 15) is 8.42 Å². The normalized spacial score (nSPS) is 20.3. The third-order valence-corrected chi connectivity index (χ3v) is 4.73. The first-order valence-corrected chi connectivity index (χ1v) is 7.64. The van der Waals surface area contributed by atoms with Gasteiger partial charge in [-0.05, 0) is 19.4 Å². The van der Waals surface area contributed by atoms with Gasteiger partial charge in [-0.15, -0.1) is 0 Å². The van der Waals surface area contributed by atoms with E-state index in [1.807, 2.05) is 17.9 Å². The first-order valence-electron chi connectivity index (χ1n) is 6.03. The molecule has 0 aromatic carbocycles. The third kappa shape index (κ3) is 2.17. The number of fused-ring (bicyclic) bond motifs is 1. The highest BCUT2D eigenvalue weighted by molar-refractivity contribution is 7.89. The Kier molecular flexibility index (Phi) is 2.72. The van der Waals surface area contributed by atoms with E-state index in [2.05, 4.69) is 15.0 Å². The van der Waals surface area contributed by atoms with Gasteiger partial charge in [-0.1, -0.05) is 0 Å². The van der Waals surface area contributed by atoms with Crippen LogP contribution in [0.25, 0.3) is 11.0 Å². The molecule has 0 radical (unpaired) electrons. The van der Waals surface area contributed by atoms with Gasteiger partial charge in [0, 0.05) is 19.3 Å². The quantitative estimate of drug-likeness (QED) is 0.814. The minimum absolute atomic E-state index is 0.384. The maximum atomic E-state index is 11.4. The molecule has 1 atom stereocenters. The summed E-state index contributed by atoms with van der Waals surface area (Å²) in [6.45, 7) is 2.84. The Hall–Kier alpha value is -1.67. The van der Waals surface area contributed by atoms with Crippen molar-refractivity contribution in [2.24, 2.45) is 5.14 Å². The molecule has 102 valence electrons. The molecular formula is C11H15N5O2S. The maximum absolute atomic E-state index is 11.4. The van der Waals surface area contributed by atoms with E-state index in [1.54, 1.807) is 6.20 Å². The molecule has 0 spiro atoms. The Morgan fingerprint density at radius 2 is 2.26 bits per heavy atom. The van der Waals surface area contributed by atoms with Crippen LogP contribution in [0.3, 0.4) is 0 Å².